The van der Waals surface area contributed by atoms with Crippen LogP contribution in [0.4, 0.5) is 5.69 Å². The van der Waals surface area contributed by atoms with Crippen molar-refractivity contribution in [3.05, 3.63) is 38.9 Å². The van der Waals surface area contributed by atoms with Gasteiger partial charge in [0.1, 0.15) is 0 Å². The molecule has 0 heterocycles. The lowest BCUT2D eigenvalue weighted by molar-refractivity contribution is -0.385. The quantitative estimate of drug-likeness (QED) is 0.650. The van der Waals surface area contributed by atoms with Crippen LogP contribution >= 0.6 is 11.6 Å². The van der Waals surface area contributed by atoms with Crippen LogP contribution in [-0.2, 0) is 6.42 Å². The molecule has 21 heavy (non-hydrogen) atoms. The number of nitrogens with two attached hydrogens (primary N) is 1. The van der Waals surface area contributed by atoms with Crippen molar-refractivity contribution in [1.82, 2.24) is 0 Å². The molecule has 1 fully saturated rings. The van der Waals surface area contributed by atoms with Gasteiger partial charge in [-0.2, -0.15) is 0 Å². The van der Waals surface area contributed by atoms with Crippen LogP contribution in [0.1, 0.15) is 44.6 Å². The van der Waals surface area contributed by atoms with Gasteiger partial charge in [-0.3, -0.25) is 10.1 Å². The smallest absolute Gasteiger partial charge is 0.272 e. The van der Waals surface area contributed by atoms with Crippen molar-refractivity contribution in [3.8, 4) is 0 Å². The monoisotopic (exact) mass is 310 g/mol. The molecule has 3 atom stereocenters. The average Bonchev–Trinajstić information content (AvgIpc) is 2.42. The van der Waals surface area contributed by atoms with Crippen LogP contribution in [-0.4, -0.2) is 11.0 Å². The van der Waals surface area contributed by atoms with E-state index >= 15 is 0 Å². The Morgan fingerprint density at radius 2 is 2.19 bits per heavy atom. The number of hydrogen-bond acceptors (Lipinski definition) is 3. The highest BCUT2D eigenvalue weighted by atomic mass is 35.5. The van der Waals surface area contributed by atoms with Crippen molar-refractivity contribution in [2.45, 2.75) is 51.5 Å². The molecule has 4 nitrogen and oxygen atoms in total. The molecule has 0 aliphatic heterocycles. The Balaban J connectivity index is 2.15. The molecule has 0 radical (unpaired) electrons. The van der Waals surface area contributed by atoms with Gasteiger partial charge in [-0.25, -0.2) is 0 Å². The van der Waals surface area contributed by atoms with Gasteiger partial charge in [0.2, 0.25) is 0 Å². The topological polar surface area (TPSA) is 69.2 Å². The number of rotatable bonds is 5. The molecule has 0 aromatic heterocycles. The summed E-state index contributed by atoms with van der Waals surface area (Å²) in [5.41, 5.74) is 7.12. The molecule has 5 heteroatoms. The predicted octanol–water partition coefficient (Wildman–Crippen LogP) is 4.33. The second kappa shape index (κ2) is 7.23. The molecule has 0 bridgehead atoms. The molecule has 1 aromatic carbocycles. The molecular weight excluding hydrogens is 288 g/mol. The minimum atomic E-state index is -0.330. The van der Waals surface area contributed by atoms with Gasteiger partial charge < -0.3 is 5.73 Å². The van der Waals surface area contributed by atoms with Gasteiger partial charge in [-0.05, 0) is 49.7 Å². The van der Waals surface area contributed by atoms with Gasteiger partial charge in [0.05, 0.1) is 4.92 Å². The van der Waals surface area contributed by atoms with Gasteiger partial charge >= 0.3 is 0 Å². The molecule has 0 saturated heterocycles. The zero-order valence-corrected chi connectivity index (χ0v) is 13.2. The summed E-state index contributed by atoms with van der Waals surface area (Å²) in [6.07, 6.45) is 6.33. The third-order valence-electron chi connectivity index (χ3n) is 4.57. The summed E-state index contributed by atoms with van der Waals surface area (Å²) in [6.45, 7) is 2.20. The van der Waals surface area contributed by atoms with Crippen LogP contribution in [0.2, 0.25) is 5.02 Å². The molecule has 0 amide bonds. The minimum absolute atomic E-state index is 0.136. The summed E-state index contributed by atoms with van der Waals surface area (Å²) in [7, 11) is 0. The van der Waals surface area contributed by atoms with E-state index in [4.69, 9.17) is 17.3 Å². The zero-order valence-electron chi connectivity index (χ0n) is 12.4. The van der Waals surface area contributed by atoms with Crippen LogP contribution < -0.4 is 5.73 Å². The second-order valence-electron chi connectivity index (χ2n) is 6.13. The third kappa shape index (κ3) is 4.17. The summed E-state index contributed by atoms with van der Waals surface area (Å²) in [6, 6.07) is 4.92. The Morgan fingerprint density at radius 3 is 2.86 bits per heavy atom. The average molecular weight is 311 g/mol. The summed E-state index contributed by atoms with van der Waals surface area (Å²) in [5.74, 6) is 1.02. The first kappa shape index (κ1) is 16.2. The maximum Gasteiger partial charge on any atom is 0.272 e. The summed E-state index contributed by atoms with van der Waals surface area (Å²) >= 11 is 6.00. The highest BCUT2D eigenvalue weighted by molar-refractivity contribution is 6.30. The van der Waals surface area contributed by atoms with E-state index in [-0.39, 0.29) is 16.7 Å². The first-order chi connectivity index (χ1) is 10.0. The van der Waals surface area contributed by atoms with Crippen molar-refractivity contribution in [3.63, 3.8) is 0 Å². The lowest BCUT2D eigenvalue weighted by Crippen LogP contribution is -2.37. The number of nitro benzene ring substituents is 1. The summed E-state index contributed by atoms with van der Waals surface area (Å²) < 4.78 is 0. The van der Waals surface area contributed by atoms with Crippen molar-refractivity contribution < 1.29 is 4.92 Å². The van der Waals surface area contributed by atoms with Crippen molar-refractivity contribution in [2.24, 2.45) is 17.6 Å². The molecule has 3 unspecified atom stereocenters. The lowest BCUT2D eigenvalue weighted by atomic mass is 9.74. The van der Waals surface area contributed by atoms with Crippen LogP contribution in [0, 0.1) is 22.0 Å². The van der Waals surface area contributed by atoms with Gasteiger partial charge in [-0.1, -0.05) is 31.4 Å². The van der Waals surface area contributed by atoms with E-state index in [1.54, 1.807) is 12.1 Å². The maximum absolute atomic E-state index is 11.2. The first-order valence-electron chi connectivity index (χ1n) is 7.69. The highest BCUT2D eigenvalue weighted by Gasteiger charge is 2.29. The van der Waals surface area contributed by atoms with Gasteiger partial charge in [-0.15, -0.1) is 0 Å². The van der Waals surface area contributed by atoms with Crippen molar-refractivity contribution in [2.75, 3.05) is 0 Å². The molecule has 2 N–H and O–H groups in total. The SMILES string of the molecule is CCCC1CCC(N)C(Cc2cc(Cl)ccc2[N+](=O)[O-])C1. The van der Waals surface area contributed by atoms with Crippen LogP contribution in [0.15, 0.2) is 18.2 Å². The van der Waals surface area contributed by atoms with Crippen LogP contribution in [0.5, 0.6) is 0 Å². The lowest BCUT2D eigenvalue weighted by Gasteiger charge is -2.34. The fraction of sp³-hybridized carbons (Fsp3) is 0.625. The Morgan fingerprint density at radius 1 is 1.43 bits per heavy atom. The number of benzene rings is 1. The summed E-state index contributed by atoms with van der Waals surface area (Å²) in [4.78, 5) is 10.8. The Bertz CT molecular complexity index is 507. The maximum atomic E-state index is 11.2. The van der Waals surface area contributed by atoms with E-state index in [1.165, 1.54) is 25.3 Å². The predicted molar refractivity (Wildman–Crippen MR) is 85.5 cm³/mol. The second-order valence-corrected chi connectivity index (χ2v) is 6.56. The van der Waals surface area contributed by atoms with E-state index in [2.05, 4.69) is 6.92 Å². The molecule has 2 rings (SSSR count). The largest absolute Gasteiger partial charge is 0.327 e. The Hall–Kier alpha value is -1.13. The van der Waals surface area contributed by atoms with Crippen LogP contribution in [0.25, 0.3) is 0 Å². The standard InChI is InChI=1S/C16H23ClN2O2/c1-2-3-11-4-6-15(18)12(8-11)9-13-10-14(17)5-7-16(13)19(20)21/h5,7,10-12,15H,2-4,6,8-9,18H2,1H3. The van der Waals surface area contributed by atoms with Gasteiger partial charge in [0.25, 0.3) is 5.69 Å². The molecule has 116 valence electrons. The molecule has 1 aromatic rings. The van der Waals surface area contributed by atoms with E-state index in [0.717, 1.165) is 12.8 Å². The molecule has 1 aliphatic rings. The first-order valence-corrected chi connectivity index (χ1v) is 8.07. The van der Waals surface area contributed by atoms with E-state index in [0.29, 0.717) is 28.8 Å². The van der Waals surface area contributed by atoms with Crippen molar-refractivity contribution >= 4 is 17.3 Å². The number of nitro groups is 1. The van der Waals surface area contributed by atoms with E-state index < -0.39 is 0 Å². The fourth-order valence-electron chi connectivity index (χ4n) is 3.47. The number of hydrogen-bond donors (Lipinski definition) is 1. The normalized spacial score (nSPS) is 25.8. The van der Waals surface area contributed by atoms with Gasteiger partial charge in [0.15, 0.2) is 0 Å². The van der Waals surface area contributed by atoms with Crippen molar-refractivity contribution in [1.29, 1.82) is 0 Å². The zero-order chi connectivity index (χ0) is 15.4. The minimum Gasteiger partial charge on any atom is -0.327 e. The third-order valence-corrected chi connectivity index (χ3v) is 4.80. The number of nitrogens with zero attached hydrogens (tertiary/aromatic N) is 1. The molecule has 0 spiro atoms. The Kier molecular flexibility index (Phi) is 5.59. The van der Waals surface area contributed by atoms with E-state index in [1.807, 2.05) is 0 Å². The molecule has 1 saturated carbocycles. The molecular formula is C16H23ClN2O2. The van der Waals surface area contributed by atoms with E-state index in [9.17, 15) is 10.1 Å². The fourth-order valence-corrected chi connectivity index (χ4v) is 3.66. The number of halogens is 1. The summed E-state index contributed by atoms with van der Waals surface area (Å²) in [5, 5.41) is 11.7. The highest BCUT2D eigenvalue weighted by Crippen LogP contribution is 2.35. The Labute approximate surface area is 130 Å². The van der Waals surface area contributed by atoms with Gasteiger partial charge in [0, 0.05) is 22.7 Å². The molecule has 1 aliphatic carbocycles. The van der Waals surface area contributed by atoms with Crippen LogP contribution in [0.3, 0.4) is 0 Å².